The first-order chi connectivity index (χ1) is 9.99. The second kappa shape index (κ2) is 12.3. The van der Waals surface area contributed by atoms with Crippen LogP contribution in [0.4, 0.5) is 9.59 Å². The number of hydrogen-bond acceptors (Lipinski definition) is 4. The van der Waals surface area contributed by atoms with E-state index in [1.807, 2.05) is 13.8 Å². The van der Waals surface area contributed by atoms with Crippen LogP contribution in [-0.4, -0.2) is 37.5 Å². The Morgan fingerprint density at radius 2 is 1.29 bits per heavy atom. The molecule has 0 saturated heterocycles. The topological polar surface area (TPSA) is 76.7 Å². The Morgan fingerprint density at radius 1 is 0.905 bits per heavy atom. The highest BCUT2D eigenvalue weighted by atomic mass is 16.6. The van der Waals surface area contributed by atoms with Gasteiger partial charge in [-0.2, -0.15) is 0 Å². The predicted octanol–water partition coefficient (Wildman–Crippen LogP) is 2.83. The normalized spacial score (nSPS) is 13.1. The summed E-state index contributed by atoms with van der Waals surface area (Å²) in [6.45, 7) is 12.4. The van der Waals surface area contributed by atoms with Crippen LogP contribution in [0.2, 0.25) is 0 Å². The first-order valence-corrected chi connectivity index (χ1v) is 7.52. The van der Waals surface area contributed by atoms with Crippen LogP contribution in [0.25, 0.3) is 0 Å². The number of nitrogens with one attached hydrogen (secondary N) is 2. The van der Waals surface area contributed by atoms with Gasteiger partial charge in [0.2, 0.25) is 0 Å². The Balaban J connectivity index is 3.79. The van der Waals surface area contributed by atoms with Gasteiger partial charge >= 0.3 is 12.2 Å². The third kappa shape index (κ3) is 12.0. The lowest BCUT2D eigenvalue weighted by molar-refractivity contribution is 0.139. The maximum absolute atomic E-state index is 11.4. The lowest BCUT2D eigenvalue weighted by atomic mass is 10.1. The summed E-state index contributed by atoms with van der Waals surface area (Å²) in [5.74, 6) is 0. The molecule has 2 unspecified atom stereocenters. The maximum atomic E-state index is 11.4. The van der Waals surface area contributed by atoms with Crippen LogP contribution in [-0.2, 0) is 9.47 Å². The zero-order chi connectivity index (χ0) is 16.1. The summed E-state index contributed by atoms with van der Waals surface area (Å²) in [5.41, 5.74) is 0. The third-order valence-electron chi connectivity index (χ3n) is 2.68. The molecule has 6 nitrogen and oxygen atoms in total. The van der Waals surface area contributed by atoms with Gasteiger partial charge in [-0.25, -0.2) is 9.59 Å². The SMILES string of the molecule is [CH2]C(CC([CH2])NC(=O)OCCCC)NC(=O)OCCCC. The summed E-state index contributed by atoms with van der Waals surface area (Å²) < 4.78 is 9.92. The zero-order valence-corrected chi connectivity index (χ0v) is 13.2. The van der Waals surface area contributed by atoms with Crippen molar-refractivity contribution in [2.75, 3.05) is 13.2 Å². The van der Waals surface area contributed by atoms with E-state index >= 15 is 0 Å². The Labute approximate surface area is 127 Å². The smallest absolute Gasteiger partial charge is 0.407 e. The van der Waals surface area contributed by atoms with E-state index in [1.165, 1.54) is 0 Å². The molecule has 21 heavy (non-hydrogen) atoms. The number of carbonyl (C=O) groups is 2. The number of carbonyl (C=O) groups excluding carboxylic acids is 2. The molecule has 2 radical (unpaired) electrons. The fraction of sp³-hybridized carbons (Fsp3) is 0.733. The van der Waals surface area contributed by atoms with Crippen molar-refractivity contribution >= 4 is 12.2 Å². The fourth-order valence-corrected chi connectivity index (χ4v) is 1.50. The second-order valence-electron chi connectivity index (χ2n) is 4.90. The number of alkyl carbamates (subject to hydrolysis) is 2. The maximum Gasteiger partial charge on any atom is 0.407 e. The van der Waals surface area contributed by atoms with Gasteiger partial charge in [0.15, 0.2) is 0 Å². The van der Waals surface area contributed by atoms with Crippen LogP contribution in [0.3, 0.4) is 0 Å². The van der Waals surface area contributed by atoms with Crippen molar-refractivity contribution in [2.45, 2.75) is 58.0 Å². The van der Waals surface area contributed by atoms with Crippen LogP contribution in [0.5, 0.6) is 0 Å². The van der Waals surface area contributed by atoms with E-state index in [-0.39, 0.29) is 0 Å². The Bertz CT molecular complexity index is 269. The minimum atomic E-state index is -0.499. The fourth-order valence-electron chi connectivity index (χ4n) is 1.50. The van der Waals surface area contributed by atoms with Crippen molar-refractivity contribution in [3.63, 3.8) is 0 Å². The van der Waals surface area contributed by atoms with Crippen LogP contribution < -0.4 is 10.6 Å². The Hall–Kier alpha value is -1.46. The van der Waals surface area contributed by atoms with Gasteiger partial charge in [-0.05, 0) is 33.1 Å². The minimum Gasteiger partial charge on any atom is -0.450 e. The molecule has 2 atom stereocenters. The average Bonchev–Trinajstić information content (AvgIpc) is 2.38. The molecule has 0 bridgehead atoms. The number of rotatable bonds is 10. The number of unbranched alkanes of at least 4 members (excludes halogenated alkanes) is 2. The van der Waals surface area contributed by atoms with E-state index in [0.717, 1.165) is 25.7 Å². The largest absolute Gasteiger partial charge is 0.450 e. The van der Waals surface area contributed by atoms with Crippen molar-refractivity contribution in [1.29, 1.82) is 0 Å². The minimum absolute atomic E-state index is 0.391. The first-order valence-electron chi connectivity index (χ1n) is 7.52. The molecule has 122 valence electrons. The molecule has 0 fully saturated rings. The van der Waals surface area contributed by atoms with Gasteiger partial charge in [0.05, 0.1) is 13.2 Å². The summed E-state index contributed by atoms with van der Waals surface area (Å²) in [6, 6.07) is -0.782. The quantitative estimate of drug-likeness (QED) is 0.608. The van der Waals surface area contributed by atoms with Gasteiger partial charge < -0.3 is 20.1 Å². The Morgan fingerprint density at radius 3 is 1.62 bits per heavy atom. The van der Waals surface area contributed by atoms with Crippen molar-refractivity contribution in [1.82, 2.24) is 10.6 Å². The molecule has 0 aromatic rings. The summed E-state index contributed by atoms with van der Waals surface area (Å²) in [4.78, 5) is 22.8. The van der Waals surface area contributed by atoms with E-state index < -0.39 is 24.3 Å². The summed E-state index contributed by atoms with van der Waals surface area (Å²) in [5, 5.41) is 5.18. The molecule has 0 aliphatic carbocycles. The Kier molecular flexibility index (Phi) is 11.4. The molecule has 0 aromatic carbocycles. The highest BCUT2D eigenvalue weighted by molar-refractivity contribution is 5.68. The van der Waals surface area contributed by atoms with Crippen LogP contribution >= 0.6 is 0 Å². The van der Waals surface area contributed by atoms with E-state index in [1.54, 1.807) is 0 Å². The summed E-state index contributed by atoms with van der Waals surface area (Å²) in [6.07, 6.45) is 2.99. The van der Waals surface area contributed by atoms with Crippen LogP contribution in [0.15, 0.2) is 0 Å². The summed E-state index contributed by atoms with van der Waals surface area (Å²) in [7, 11) is 0. The van der Waals surface area contributed by atoms with Crippen LogP contribution in [0, 0.1) is 13.8 Å². The van der Waals surface area contributed by atoms with E-state index in [2.05, 4.69) is 24.5 Å². The highest BCUT2D eigenvalue weighted by Gasteiger charge is 2.14. The predicted molar refractivity (Wildman–Crippen MR) is 81.7 cm³/mol. The van der Waals surface area contributed by atoms with Gasteiger partial charge in [0, 0.05) is 12.1 Å². The van der Waals surface area contributed by atoms with Crippen molar-refractivity contribution in [3.8, 4) is 0 Å². The van der Waals surface area contributed by atoms with Gasteiger partial charge in [-0.1, -0.05) is 26.7 Å². The molecule has 2 amide bonds. The molecule has 0 rings (SSSR count). The molecule has 6 heteroatoms. The molecular weight excluding hydrogens is 272 g/mol. The van der Waals surface area contributed by atoms with Gasteiger partial charge in [-0.3, -0.25) is 0 Å². The molecule has 0 saturated carbocycles. The zero-order valence-electron chi connectivity index (χ0n) is 13.2. The third-order valence-corrected chi connectivity index (χ3v) is 2.68. The lowest BCUT2D eigenvalue weighted by Crippen LogP contribution is -2.41. The molecular formula is C15H28N2O4. The van der Waals surface area contributed by atoms with Gasteiger partial charge in [0.25, 0.3) is 0 Å². The van der Waals surface area contributed by atoms with E-state index in [4.69, 9.17) is 9.47 Å². The van der Waals surface area contributed by atoms with Crippen molar-refractivity contribution in [2.24, 2.45) is 0 Å². The molecule has 2 N–H and O–H groups in total. The van der Waals surface area contributed by atoms with E-state index in [9.17, 15) is 9.59 Å². The molecule has 0 aliphatic heterocycles. The molecule has 0 heterocycles. The molecule has 0 aliphatic rings. The average molecular weight is 300 g/mol. The number of amides is 2. The lowest BCUT2D eigenvalue weighted by Gasteiger charge is -2.19. The molecule has 0 aromatic heterocycles. The monoisotopic (exact) mass is 300 g/mol. The van der Waals surface area contributed by atoms with Crippen molar-refractivity contribution < 1.29 is 19.1 Å². The number of hydrogen-bond donors (Lipinski definition) is 2. The van der Waals surface area contributed by atoms with Crippen molar-refractivity contribution in [3.05, 3.63) is 13.8 Å². The second-order valence-corrected chi connectivity index (χ2v) is 4.90. The number of ether oxygens (including phenoxy) is 2. The van der Waals surface area contributed by atoms with Gasteiger partial charge in [-0.15, -0.1) is 0 Å². The first kappa shape index (κ1) is 19.5. The summed E-state index contributed by atoms with van der Waals surface area (Å²) >= 11 is 0. The van der Waals surface area contributed by atoms with E-state index in [0.29, 0.717) is 19.6 Å². The highest BCUT2D eigenvalue weighted by Crippen LogP contribution is 1.99. The standard InChI is InChI=1S/C15H28N2O4/c1-5-7-9-20-14(18)16-12(3)11-13(4)17-15(19)21-10-8-6-2/h12-13H,3-11H2,1-2H3,(H,16,18)(H,17,19). The van der Waals surface area contributed by atoms with Gasteiger partial charge in [0.1, 0.15) is 0 Å². The molecule has 0 spiro atoms. The van der Waals surface area contributed by atoms with Crippen LogP contribution in [0.1, 0.15) is 46.0 Å².